The molecule has 31 heavy (non-hydrogen) atoms. The number of halogens is 4. The second-order valence-electron chi connectivity index (χ2n) is 7.15. The molecule has 0 unspecified atom stereocenters. The lowest BCUT2D eigenvalue weighted by molar-refractivity contribution is -0.0494. The summed E-state index contributed by atoms with van der Waals surface area (Å²) in [6.07, 6.45) is 1.26. The molecule has 0 aromatic carbocycles. The smallest absolute Gasteiger partial charge is 0.387 e. The van der Waals surface area contributed by atoms with Crippen LogP contribution in [0.25, 0.3) is 11.1 Å². The first-order chi connectivity index (χ1) is 14.5. The molecule has 0 aliphatic rings. The number of nitrogens with zero attached hydrogens (tertiary/aromatic N) is 5. The third kappa shape index (κ3) is 6.01. The van der Waals surface area contributed by atoms with Crippen LogP contribution in [0.15, 0.2) is 30.7 Å². The first-order valence-corrected chi connectivity index (χ1v) is 8.90. The van der Waals surface area contributed by atoms with Crippen LogP contribution in [0, 0.1) is 0 Å². The fraction of sp³-hybridized carbons (Fsp3) is 0.333. The molecule has 3 rings (SSSR count). The number of rotatable bonds is 8. The second-order valence-corrected chi connectivity index (χ2v) is 7.15. The molecule has 166 valence electrons. The molecule has 0 amide bonds. The number of nitrogens with two attached hydrogens (primary N) is 1. The highest BCUT2D eigenvalue weighted by molar-refractivity contribution is 5.71. The number of pyridine rings is 1. The average molecular weight is 441 g/mol. The van der Waals surface area contributed by atoms with Crippen molar-refractivity contribution in [3.05, 3.63) is 36.5 Å². The van der Waals surface area contributed by atoms with Crippen LogP contribution >= 0.6 is 0 Å². The molecule has 9 nitrogen and oxygen atoms in total. The second kappa shape index (κ2) is 8.71. The lowest BCUT2D eigenvalue weighted by atomic mass is 10.1. The monoisotopic (exact) mass is 441 g/mol. The fourth-order valence-corrected chi connectivity index (χ4v) is 2.68. The summed E-state index contributed by atoms with van der Waals surface area (Å²) in [6, 6.07) is 2.35. The summed E-state index contributed by atoms with van der Waals surface area (Å²) in [6.45, 7) is 0.245. The quantitative estimate of drug-likeness (QED) is 0.455. The molecule has 0 atom stereocenters. The zero-order valence-electron chi connectivity index (χ0n) is 16.4. The maximum atomic E-state index is 13.0. The molecule has 0 spiro atoms. The number of hydrogen-bond acceptors (Lipinski definition) is 8. The third-order valence-corrected chi connectivity index (χ3v) is 3.79. The molecule has 3 aromatic heterocycles. The van der Waals surface area contributed by atoms with E-state index in [2.05, 4.69) is 30.1 Å². The Labute approximate surface area is 173 Å². The Bertz CT molecular complexity index is 1050. The summed E-state index contributed by atoms with van der Waals surface area (Å²) in [4.78, 5) is 11.1. The molecular formula is C18H19F4N7O2. The zero-order valence-corrected chi connectivity index (χ0v) is 16.4. The highest BCUT2D eigenvalue weighted by Crippen LogP contribution is 2.33. The Morgan fingerprint density at radius 3 is 2.55 bits per heavy atom. The minimum absolute atomic E-state index is 0.00148. The Morgan fingerprint density at radius 2 is 1.90 bits per heavy atom. The predicted octanol–water partition coefficient (Wildman–Crippen LogP) is 3.37. The number of alkyl halides is 4. The van der Waals surface area contributed by atoms with Gasteiger partial charge in [0.1, 0.15) is 23.2 Å². The van der Waals surface area contributed by atoms with Crippen LogP contribution in [0.1, 0.15) is 26.1 Å². The molecule has 3 heterocycles. The van der Waals surface area contributed by atoms with E-state index in [1.54, 1.807) is 20.0 Å². The van der Waals surface area contributed by atoms with E-state index >= 15 is 0 Å². The number of nitrogens with one attached hydrogen (secondary N) is 1. The van der Waals surface area contributed by atoms with E-state index in [0.29, 0.717) is 5.56 Å². The summed E-state index contributed by atoms with van der Waals surface area (Å²) in [5.74, 6) is -1.31. The normalized spacial score (nSPS) is 11.9. The Morgan fingerprint density at radius 1 is 1.16 bits per heavy atom. The van der Waals surface area contributed by atoms with Gasteiger partial charge in [-0.1, -0.05) is 0 Å². The van der Waals surface area contributed by atoms with Gasteiger partial charge in [0.15, 0.2) is 5.82 Å². The van der Waals surface area contributed by atoms with Crippen molar-refractivity contribution in [2.75, 3.05) is 11.1 Å². The van der Waals surface area contributed by atoms with Crippen molar-refractivity contribution < 1.29 is 27.4 Å². The largest absolute Gasteiger partial charge is 0.434 e. The number of ether oxygens (including phenoxy) is 1. The lowest BCUT2D eigenvalue weighted by Gasteiger charge is -2.16. The first-order valence-electron chi connectivity index (χ1n) is 8.90. The maximum Gasteiger partial charge on any atom is 0.387 e. The highest BCUT2D eigenvalue weighted by Gasteiger charge is 2.19. The van der Waals surface area contributed by atoms with Crippen LogP contribution in [0.5, 0.6) is 5.75 Å². The van der Waals surface area contributed by atoms with Crippen molar-refractivity contribution in [3.8, 4) is 16.9 Å². The minimum atomic E-state index is -3.12. The van der Waals surface area contributed by atoms with Crippen molar-refractivity contribution in [3.63, 3.8) is 0 Å². The van der Waals surface area contributed by atoms with Crippen LogP contribution in [0.3, 0.4) is 0 Å². The van der Waals surface area contributed by atoms with E-state index in [0.717, 1.165) is 6.07 Å². The molecule has 0 aliphatic carbocycles. The maximum absolute atomic E-state index is 13.0. The summed E-state index contributed by atoms with van der Waals surface area (Å²) >= 11 is 0. The molecule has 0 radical (unpaired) electrons. The fourth-order valence-electron chi connectivity index (χ4n) is 2.68. The van der Waals surface area contributed by atoms with Gasteiger partial charge in [-0.2, -0.15) is 13.9 Å². The van der Waals surface area contributed by atoms with Crippen molar-refractivity contribution in [2.24, 2.45) is 0 Å². The summed E-state index contributed by atoms with van der Waals surface area (Å²) in [5.41, 5.74) is 5.10. The summed E-state index contributed by atoms with van der Waals surface area (Å²) in [5, 5.41) is 16.6. The molecule has 0 fully saturated rings. The lowest BCUT2D eigenvalue weighted by Crippen LogP contribution is -2.26. The molecule has 13 heteroatoms. The van der Waals surface area contributed by atoms with Gasteiger partial charge in [-0.05, 0) is 13.8 Å². The molecule has 0 bridgehead atoms. The predicted molar refractivity (Wildman–Crippen MR) is 103 cm³/mol. The Balaban J connectivity index is 1.92. The van der Waals surface area contributed by atoms with Crippen LogP contribution in [-0.4, -0.2) is 42.1 Å². The van der Waals surface area contributed by atoms with Crippen LogP contribution in [0.2, 0.25) is 0 Å². The molecule has 0 saturated carbocycles. The zero-order chi connectivity index (χ0) is 22.8. The van der Waals surface area contributed by atoms with Gasteiger partial charge in [0.25, 0.3) is 6.43 Å². The SMILES string of the molecule is CC(C)(O)Cn1cc(-c2cnc(Nc3cc(N)nc(C(F)F)n3)cc2OC(F)F)cn1. The topological polar surface area (TPSA) is 124 Å². The van der Waals surface area contributed by atoms with Gasteiger partial charge in [-0.15, -0.1) is 0 Å². The van der Waals surface area contributed by atoms with Crippen molar-refractivity contribution >= 4 is 17.5 Å². The highest BCUT2D eigenvalue weighted by atomic mass is 19.3. The number of nitrogen functional groups attached to an aromatic ring is 1. The number of aliphatic hydroxyl groups is 1. The van der Waals surface area contributed by atoms with E-state index in [1.165, 1.54) is 23.1 Å². The third-order valence-electron chi connectivity index (χ3n) is 3.79. The number of aromatic nitrogens is 5. The van der Waals surface area contributed by atoms with Crippen LogP contribution < -0.4 is 15.8 Å². The van der Waals surface area contributed by atoms with Gasteiger partial charge < -0.3 is 20.9 Å². The average Bonchev–Trinajstić information content (AvgIpc) is 3.07. The first kappa shape index (κ1) is 22.2. The molecule has 0 aliphatic heterocycles. The standard InChI is InChI=1S/C18H19F4N7O2/c1-18(2,30)8-29-7-9(5-25-29)10-6-24-13(3-11(10)31-17(21)22)27-14-4-12(23)26-16(28-14)15(19)20/h3-7,15,17,30H,8H2,1-2H3,(H3,23,24,26,27,28). The van der Waals surface area contributed by atoms with Gasteiger partial charge in [-0.3, -0.25) is 4.68 Å². The van der Waals surface area contributed by atoms with Crippen molar-refractivity contribution in [1.82, 2.24) is 24.7 Å². The Kier molecular flexibility index (Phi) is 6.24. The van der Waals surface area contributed by atoms with Crippen molar-refractivity contribution in [2.45, 2.75) is 39.0 Å². The van der Waals surface area contributed by atoms with Gasteiger partial charge >= 0.3 is 6.61 Å². The van der Waals surface area contributed by atoms with E-state index < -0.39 is 24.5 Å². The van der Waals surface area contributed by atoms with Gasteiger partial charge in [0.05, 0.1) is 18.3 Å². The van der Waals surface area contributed by atoms with Gasteiger partial charge in [0, 0.05) is 35.7 Å². The van der Waals surface area contributed by atoms with Gasteiger partial charge in [-0.25, -0.2) is 23.7 Å². The number of anilines is 3. The van der Waals surface area contributed by atoms with Crippen LogP contribution in [-0.2, 0) is 6.54 Å². The summed E-state index contributed by atoms with van der Waals surface area (Å²) in [7, 11) is 0. The van der Waals surface area contributed by atoms with Crippen LogP contribution in [0.4, 0.5) is 35.0 Å². The molecular weight excluding hydrogens is 422 g/mol. The summed E-state index contributed by atoms with van der Waals surface area (Å²) < 4.78 is 57.7. The van der Waals surface area contributed by atoms with E-state index in [1.807, 2.05) is 0 Å². The van der Waals surface area contributed by atoms with E-state index in [4.69, 9.17) is 5.73 Å². The number of hydrogen-bond donors (Lipinski definition) is 3. The molecule has 3 aromatic rings. The Hall–Kier alpha value is -3.48. The van der Waals surface area contributed by atoms with Gasteiger partial charge in [0.2, 0.25) is 0 Å². The minimum Gasteiger partial charge on any atom is -0.434 e. The van der Waals surface area contributed by atoms with Crippen molar-refractivity contribution in [1.29, 1.82) is 0 Å². The van der Waals surface area contributed by atoms with E-state index in [9.17, 15) is 22.7 Å². The van der Waals surface area contributed by atoms with E-state index in [-0.39, 0.29) is 35.3 Å². The molecule has 4 N–H and O–H groups in total. The molecule has 0 saturated heterocycles.